The van der Waals surface area contributed by atoms with Gasteiger partial charge in [0.1, 0.15) is 11.5 Å². The Balaban J connectivity index is 0.00000259. The van der Waals surface area contributed by atoms with E-state index in [4.69, 9.17) is 4.98 Å². The summed E-state index contributed by atoms with van der Waals surface area (Å²) in [4.78, 5) is 28.1. The summed E-state index contributed by atoms with van der Waals surface area (Å²) >= 11 is 0. The normalized spacial score (nSPS) is 16.2. The molecule has 32 heavy (non-hydrogen) atoms. The van der Waals surface area contributed by atoms with Crippen LogP contribution in [0.1, 0.15) is 47.5 Å². The van der Waals surface area contributed by atoms with Gasteiger partial charge in [-0.2, -0.15) is 0 Å². The van der Waals surface area contributed by atoms with Crippen molar-refractivity contribution in [2.24, 2.45) is 0 Å². The van der Waals surface area contributed by atoms with Crippen molar-refractivity contribution in [2.75, 3.05) is 18.0 Å². The molecule has 0 saturated carbocycles. The molecule has 162 valence electrons. The molecule has 0 bridgehead atoms. The molecule has 1 atom stereocenters. The molecule has 0 amide bonds. The lowest BCUT2D eigenvalue weighted by atomic mass is 9.90. The van der Waals surface area contributed by atoms with Crippen molar-refractivity contribution in [3.63, 3.8) is 0 Å². The molecule has 1 fully saturated rings. The van der Waals surface area contributed by atoms with Crippen molar-refractivity contribution in [1.82, 2.24) is 15.0 Å². The van der Waals surface area contributed by atoms with E-state index in [9.17, 15) is 4.79 Å². The van der Waals surface area contributed by atoms with Crippen LogP contribution in [-0.2, 0) is 0 Å². The quantitative estimate of drug-likeness (QED) is 0.421. The number of carbonyl (C=O) groups excluding carboxylic acids is 1. The number of nitrogens with zero attached hydrogens (tertiary/aromatic N) is 3. The van der Waals surface area contributed by atoms with Crippen molar-refractivity contribution in [3.8, 4) is 11.3 Å². The Morgan fingerprint density at radius 3 is 2.78 bits per heavy atom. The van der Waals surface area contributed by atoms with Crippen molar-refractivity contribution in [2.45, 2.75) is 25.7 Å². The van der Waals surface area contributed by atoms with Crippen LogP contribution in [0.5, 0.6) is 0 Å². The molecule has 0 aliphatic carbocycles. The van der Waals surface area contributed by atoms with Crippen molar-refractivity contribution >= 4 is 11.6 Å². The van der Waals surface area contributed by atoms with Crippen LogP contribution >= 0.6 is 0 Å². The van der Waals surface area contributed by atoms with Crippen LogP contribution in [0.15, 0.2) is 79.1 Å². The van der Waals surface area contributed by atoms with Crippen LogP contribution in [0.4, 0.5) is 5.82 Å². The van der Waals surface area contributed by atoms with E-state index in [0.717, 1.165) is 36.6 Å². The standard InChI is InChI=1S/C27H26N4O.H2/c1-19-23(16-22(17-29-19)24-12-6-14-28-24)27(32)25-11-5-13-26(30-25)31-15-7-10-21(18-31)20-8-3-2-4-9-20;/h2-6,8-9,11-14,16-17,21,28H,7,10,15,18H2,1H3;1H. The van der Waals surface area contributed by atoms with Gasteiger partial charge in [-0.3, -0.25) is 9.78 Å². The molecular formula is C27H28N4O. The van der Waals surface area contributed by atoms with Crippen LogP contribution in [-0.4, -0.2) is 33.8 Å². The Labute approximate surface area is 189 Å². The molecule has 1 aliphatic rings. The van der Waals surface area contributed by atoms with Gasteiger partial charge in [-0.15, -0.1) is 0 Å². The highest BCUT2D eigenvalue weighted by Crippen LogP contribution is 2.29. The van der Waals surface area contributed by atoms with Gasteiger partial charge in [-0.25, -0.2) is 4.98 Å². The fourth-order valence-corrected chi connectivity index (χ4v) is 4.47. The Morgan fingerprint density at radius 1 is 1.09 bits per heavy atom. The zero-order valence-electron chi connectivity index (χ0n) is 18.2. The molecule has 0 radical (unpaired) electrons. The lowest BCUT2D eigenvalue weighted by Crippen LogP contribution is -2.35. The van der Waals surface area contributed by atoms with Gasteiger partial charge in [0.05, 0.1) is 0 Å². The number of aromatic nitrogens is 3. The third-order valence-corrected chi connectivity index (χ3v) is 6.22. The van der Waals surface area contributed by atoms with Crippen molar-refractivity contribution < 1.29 is 6.22 Å². The summed E-state index contributed by atoms with van der Waals surface area (Å²) < 4.78 is 0. The lowest BCUT2D eigenvalue weighted by molar-refractivity contribution is 0.103. The Bertz CT molecular complexity index is 1220. The summed E-state index contributed by atoms with van der Waals surface area (Å²) in [5.74, 6) is 1.25. The number of anilines is 1. The summed E-state index contributed by atoms with van der Waals surface area (Å²) in [6.45, 7) is 3.74. The number of piperidine rings is 1. The maximum atomic E-state index is 13.4. The number of H-pyrrole nitrogens is 1. The van der Waals surface area contributed by atoms with Gasteiger partial charge in [0.2, 0.25) is 5.78 Å². The smallest absolute Gasteiger partial charge is 0.213 e. The molecule has 3 aromatic heterocycles. The number of aryl methyl sites for hydroxylation is 1. The highest BCUT2D eigenvalue weighted by Gasteiger charge is 2.23. The largest absolute Gasteiger partial charge is 0.361 e. The summed E-state index contributed by atoms with van der Waals surface area (Å²) in [6.07, 6.45) is 5.94. The molecular weight excluding hydrogens is 396 g/mol. The molecule has 1 unspecified atom stereocenters. The first-order valence-corrected chi connectivity index (χ1v) is 11.1. The number of nitrogens with one attached hydrogen (secondary N) is 1. The molecule has 4 heterocycles. The number of carbonyl (C=O) groups is 1. The van der Waals surface area contributed by atoms with Gasteiger partial charge in [-0.05, 0) is 55.7 Å². The molecule has 1 saturated heterocycles. The molecule has 5 heteroatoms. The number of ketones is 1. The summed E-state index contributed by atoms with van der Waals surface area (Å²) in [5.41, 5.74) is 4.95. The SMILES string of the molecule is Cc1ncc(-c2ccc[nH]2)cc1C(=O)c1cccc(N2CCCC(c3ccccc3)C2)n1.[HH]. The van der Waals surface area contributed by atoms with Crippen LogP contribution in [0, 0.1) is 6.92 Å². The number of hydrogen-bond donors (Lipinski definition) is 1. The Hall–Kier alpha value is -3.73. The van der Waals surface area contributed by atoms with Crippen LogP contribution in [0.3, 0.4) is 0 Å². The molecule has 4 aromatic rings. The van der Waals surface area contributed by atoms with E-state index in [-0.39, 0.29) is 7.21 Å². The monoisotopic (exact) mass is 424 g/mol. The highest BCUT2D eigenvalue weighted by molar-refractivity contribution is 6.09. The first kappa shape index (κ1) is 20.2. The maximum absolute atomic E-state index is 13.4. The lowest BCUT2D eigenvalue weighted by Gasteiger charge is -2.34. The van der Waals surface area contributed by atoms with E-state index in [2.05, 4.69) is 45.2 Å². The highest BCUT2D eigenvalue weighted by atomic mass is 16.1. The maximum Gasteiger partial charge on any atom is 0.213 e. The first-order valence-electron chi connectivity index (χ1n) is 11.1. The molecule has 1 aromatic carbocycles. The van der Waals surface area contributed by atoms with Gasteiger partial charge in [0.15, 0.2) is 0 Å². The van der Waals surface area contributed by atoms with Crippen molar-refractivity contribution in [1.29, 1.82) is 0 Å². The van der Waals surface area contributed by atoms with E-state index in [1.165, 1.54) is 12.0 Å². The number of aromatic amines is 1. The fourth-order valence-electron chi connectivity index (χ4n) is 4.47. The van der Waals surface area contributed by atoms with Gasteiger partial charge in [-0.1, -0.05) is 36.4 Å². The second kappa shape index (κ2) is 8.79. The predicted octanol–water partition coefficient (Wildman–Crippen LogP) is 5.64. The second-order valence-electron chi connectivity index (χ2n) is 8.35. The average Bonchev–Trinajstić information content (AvgIpc) is 3.40. The van der Waals surface area contributed by atoms with Crippen LogP contribution in [0.2, 0.25) is 0 Å². The fraction of sp³-hybridized carbons (Fsp3) is 0.222. The Kier molecular flexibility index (Phi) is 5.55. The summed E-state index contributed by atoms with van der Waals surface area (Å²) in [5, 5.41) is 0. The zero-order valence-corrected chi connectivity index (χ0v) is 18.2. The van der Waals surface area contributed by atoms with Crippen molar-refractivity contribution in [3.05, 3.63) is 102 Å². The average molecular weight is 425 g/mol. The zero-order chi connectivity index (χ0) is 21.9. The minimum absolute atomic E-state index is 0. The van der Waals surface area contributed by atoms with E-state index >= 15 is 0 Å². The molecule has 5 nitrogen and oxygen atoms in total. The molecule has 5 rings (SSSR count). The van der Waals surface area contributed by atoms with Crippen LogP contribution < -0.4 is 4.90 Å². The summed E-state index contributed by atoms with van der Waals surface area (Å²) in [7, 11) is 0. The minimum Gasteiger partial charge on any atom is -0.361 e. The number of rotatable bonds is 5. The molecule has 1 N–H and O–H groups in total. The number of hydrogen-bond acceptors (Lipinski definition) is 4. The van der Waals surface area contributed by atoms with Crippen LogP contribution in [0.25, 0.3) is 11.3 Å². The molecule has 0 spiro atoms. The topological polar surface area (TPSA) is 61.9 Å². The summed E-state index contributed by atoms with van der Waals surface area (Å²) in [6, 6.07) is 22.2. The van der Waals surface area contributed by atoms with E-state index in [0.29, 0.717) is 22.9 Å². The van der Waals surface area contributed by atoms with Gasteiger partial charge in [0, 0.05) is 55.3 Å². The van der Waals surface area contributed by atoms with E-state index < -0.39 is 0 Å². The van der Waals surface area contributed by atoms with E-state index in [1.54, 1.807) is 12.3 Å². The number of benzene rings is 1. The van der Waals surface area contributed by atoms with Gasteiger partial charge in [0.25, 0.3) is 0 Å². The minimum atomic E-state index is -0.0955. The van der Waals surface area contributed by atoms with Gasteiger partial charge < -0.3 is 9.88 Å². The first-order chi connectivity index (χ1) is 15.7. The third-order valence-electron chi connectivity index (χ3n) is 6.22. The second-order valence-corrected chi connectivity index (χ2v) is 8.35. The third kappa shape index (κ3) is 4.06. The number of pyridine rings is 2. The van der Waals surface area contributed by atoms with E-state index in [1.807, 2.05) is 43.5 Å². The van der Waals surface area contributed by atoms with Gasteiger partial charge >= 0.3 is 0 Å². The molecule has 1 aliphatic heterocycles. The predicted molar refractivity (Wildman–Crippen MR) is 129 cm³/mol. The Morgan fingerprint density at radius 2 is 1.97 bits per heavy atom.